The molecule has 2 rings (SSSR count). The second-order valence-electron chi connectivity index (χ2n) is 4.72. The van der Waals surface area contributed by atoms with Crippen LogP contribution in [0.15, 0.2) is 6.20 Å². The van der Waals surface area contributed by atoms with Gasteiger partial charge in [-0.15, -0.1) is 0 Å². The smallest absolute Gasteiger partial charge is 0.345 e. The van der Waals surface area contributed by atoms with Gasteiger partial charge in [-0.25, -0.2) is 4.98 Å². The normalized spacial score (nSPS) is 17.8. The van der Waals surface area contributed by atoms with Gasteiger partial charge in [0.05, 0.1) is 4.92 Å². The second-order valence-corrected chi connectivity index (χ2v) is 5.73. The molecule has 0 radical (unpaired) electrons. The van der Waals surface area contributed by atoms with Gasteiger partial charge in [-0.3, -0.25) is 10.1 Å². The Morgan fingerprint density at radius 3 is 2.94 bits per heavy atom. The fourth-order valence-corrected chi connectivity index (χ4v) is 2.82. The predicted octanol–water partition coefficient (Wildman–Crippen LogP) is 2.20. The molecule has 0 aliphatic carbocycles. The van der Waals surface area contributed by atoms with Gasteiger partial charge in [0, 0.05) is 6.54 Å². The molecule has 1 N–H and O–H groups in total. The first-order valence-corrected chi connectivity index (χ1v) is 6.99. The van der Waals surface area contributed by atoms with E-state index in [1.165, 1.54) is 32.1 Å². The van der Waals surface area contributed by atoms with Gasteiger partial charge in [-0.1, -0.05) is 0 Å². The maximum Gasteiger partial charge on any atom is 0.345 e. The van der Waals surface area contributed by atoms with Crippen LogP contribution in [0.4, 0.5) is 10.1 Å². The van der Waals surface area contributed by atoms with Crippen molar-refractivity contribution in [3.05, 3.63) is 16.3 Å². The summed E-state index contributed by atoms with van der Waals surface area (Å²) in [5, 5.41) is 14.4. The summed E-state index contributed by atoms with van der Waals surface area (Å²) in [7, 11) is 2.16. The van der Waals surface area contributed by atoms with E-state index in [9.17, 15) is 10.1 Å². The molecule has 0 bridgehead atoms. The summed E-state index contributed by atoms with van der Waals surface area (Å²) in [6, 6.07) is 0. The van der Waals surface area contributed by atoms with Crippen LogP contribution >= 0.6 is 11.3 Å². The van der Waals surface area contributed by atoms with Crippen molar-refractivity contribution in [3.63, 3.8) is 0 Å². The first-order valence-electron chi connectivity index (χ1n) is 6.18. The van der Waals surface area contributed by atoms with Gasteiger partial charge in [0.15, 0.2) is 5.13 Å². The van der Waals surface area contributed by atoms with Gasteiger partial charge in [0.1, 0.15) is 6.20 Å². The zero-order chi connectivity index (χ0) is 13.0. The zero-order valence-electron chi connectivity index (χ0n) is 10.5. The van der Waals surface area contributed by atoms with Crippen molar-refractivity contribution in [2.24, 2.45) is 5.92 Å². The molecule has 1 aromatic heterocycles. The second kappa shape index (κ2) is 6.10. The van der Waals surface area contributed by atoms with Crippen LogP contribution in [-0.4, -0.2) is 41.5 Å². The molecule has 1 fully saturated rings. The number of hydrogen-bond acceptors (Lipinski definition) is 6. The lowest BCUT2D eigenvalue weighted by molar-refractivity contribution is -0.380. The lowest BCUT2D eigenvalue weighted by Crippen LogP contribution is -2.30. The maximum absolute atomic E-state index is 10.5. The van der Waals surface area contributed by atoms with Crippen LogP contribution in [0.25, 0.3) is 0 Å². The van der Waals surface area contributed by atoms with Crippen molar-refractivity contribution in [3.8, 4) is 0 Å². The van der Waals surface area contributed by atoms with Crippen LogP contribution in [0.3, 0.4) is 0 Å². The van der Waals surface area contributed by atoms with Crippen molar-refractivity contribution in [1.82, 2.24) is 9.88 Å². The Balaban J connectivity index is 1.70. The van der Waals surface area contributed by atoms with Crippen molar-refractivity contribution < 1.29 is 4.92 Å². The summed E-state index contributed by atoms with van der Waals surface area (Å²) >= 11 is 1.10. The number of rotatable bonds is 5. The van der Waals surface area contributed by atoms with Crippen molar-refractivity contribution in [2.75, 3.05) is 32.0 Å². The minimum Gasteiger partial charge on any atom is -0.361 e. The highest BCUT2D eigenvalue weighted by atomic mass is 32.1. The Morgan fingerprint density at radius 1 is 1.61 bits per heavy atom. The standard InChI is InChI=1S/C11H18N4O2S/c1-14-6-3-9(4-7-14)2-5-12-11-13-8-10(18-11)15(16)17/h8-9H,2-7H2,1H3,(H,12,13). The third kappa shape index (κ3) is 3.64. The molecular formula is C11H18N4O2S. The van der Waals surface area contributed by atoms with Crippen molar-refractivity contribution >= 4 is 21.5 Å². The van der Waals surface area contributed by atoms with E-state index in [0.29, 0.717) is 5.13 Å². The summed E-state index contributed by atoms with van der Waals surface area (Å²) < 4.78 is 0. The van der Waals surface area contributed by atoms with Gasteiger partial charge in [-0.05, 0) is 56.7 Å². The molecular weight excluding hydrogens is 252 g/mol. The quantitative estimate of drug-likeness (QED) is 0.656. The molecule has 0 unspecified atom stereocenters. The van der Waals surface area contributed by atoms with E-state index in [-0.39, 0.29) is 5.00 Å². The molecule has 0 aromatic carbocycles. The summed E-state index contributed by atoms with van der Waals surface area (Å²) in [6.45, 7) is 3.19. The number of anilines is 1. The summed E-state index contributed by atoms with van der Waals surface area (Å²) in [6.07, 6.45) is 4.91. The monoisotopic (exact) mass is 270 g/mol. The molecule has 6 nitrogen and oxygen atoms in total. The third-order valence-corrected chi connectivity index (χ3v) is 4.25. The van der Waals surface area contributed by atoms with Crippen LogP contribution in [0.2, 0.25) is 0 Å². The highest BCUT2D eigenvalue weighted by Crippen LogP contribution is 2.25. The molecule has 0 atom stereocenters. The lowest BCUT2D eigenvalue weighted by atomic mass is 9.94. The fourth-order valence-electron chi connectivity index (χ4n) is 2.17. The van der Waals surface area contributed by atoms with E-state index in [0.717, 1.165) is 30.2 Å². The molecule has 0 amide bonds. The zero-order valence-corrected chi connectivity index (χ0v) is 11.3. The fraction of sp³-hybridized carbons (Fsp3) is 0.727. The van der Waals surface area contributed by atoms with Gasteiger partial charge >= 0.3 is 5.00 Å². The number of likely N-dealkylation sites (tertiary alicyclic amines) is 1. The Kier molecular flexibility index (Phi) is 4.48. The largest absolute Gasteiger partial charge is 0.361 e. The minimum absolute atomic E-state index is 0.0943. The maximum atomic E-state index is 10.5. The average molecular weight is 270 g/mol. The SMILES string of the molecule is CN1CCC(CCNc2ncc([N+](=O)[O-])s2)CC1. The summed E-state index contributed by atoms with van der Waals surface area (Å²) in [4.78, 5) is 16.5. The number of hydrogen-bond donors (Lipinski definition) is 1. The molecule has 1 saturated heterocycles. The highest BCUT2D eigenvalue weighted by Gasteiger charge is 2.16. The van der Waals surface area contributed by atoms with Crippen LogP contribution in [0.1, 0.15) is 19.3 Å². The van der Waals surface area contributed by atoms with E-state index in [2.05, 4.69) is 22.2 Å². The van der Waals surface area contributed by atoms with Gasteiger partial charge in [0.25, 0.3) is 0 Å². The lowest BCUT2D eigenvalue weighted by Gasteiger charge is -2.28. The molecule has 18 heavy (non-hydrogen) atoms. The molecule has 1 aliphatic rings. The van der Waals surface area contributed by atoms with E-state index < -0.39 is 4.92 Å². The first kappa shape index (κ1) is 13.2. The number of nitrogens with zero attached hydrogens (tertiary/aromatic N) is 3. The van der Waals surface area contributed by atoms with Crippen molar-refractivity contribution in [2.45, 2.75) is 19.3 Å². The number of thiazole rings is 1. The molecule has 0 saturated carbocycles. The van der Waals surface area contributed by atoms with E-state index in [1.54, 1.807) is 0 Å². The Morgan fingerprint density at radius 2 is 2.33 bits per heavy atom. The van der Waals surface area contributed by atoms with Crippen LogP contribution in [-0.2, 0) is 0 Å². The Hall–Kier alpha value is -1.21. The van der Waals surface area contributed by atoms with Crippen LogP contribution in [0.5, 0.6) is 0 Å². The average Bonchev–Trinajstić information content (AvgIpc) is 2.81. The molecule has 100 valence electrons. The molecule has 1 aromatic rings. The van der Waals surface area contributed by atoms with Crippen LogP contribution < -0.4 is 5.32 Å². The van der Waals surface area contributed by atoms with E-state index >= 15 is 0 Å². The predicted molar refractivity (Wildman–Crippen MR) is 72.1 cm³/mol. The molecule has 1 aliphatic heterocycles. The summed E-state index contributed by atoms with van der Waals surface area (Å²) in [5.74, 6) is 0.767. The van der Waals surface area contributed by atoms with E-state index in [4.69, 9.17) is 0 Å². The molecule has 0 spiro atoms. The molecule has 2 heterocycles. The Labute approximate surface area is 110 Å². The number of nitrogens with one attached hydrogen (secondary N) is 1. The topological polar surface area (TPSA) is 71.3 Å². The minimum atomic E-state index is -0.403. The molecule has 7 heteroatoms. The first-order chi connectivity index (χ1) is 8.65. The Bertz CT molecular complexity index is 402. The van der Waals surface area contributed by atoms with Gasteiger partial charge < -0.3 is 10.2 Å². The van der Waals surface area contributed by atoms with Gasteiger partial charge in [0.2, 0.25) is 0 Å². The van der Waals surface area contributed by atoms with Gasteiger partial charge in [-0.2, -0.15) is 0 Å². The summed E-state index contributed by atoms with van der Waals surface area (Å²) in [5.41, 5.74) is 0. The number of nitro groups is 1. The van der Waals surface area contributed by atoms with Crippen molar-refractivity contribution in [1.29, 1.82) is 0 Å². The third-order valence-electron chi connectivity index (χ3n) is 3.34. The number of piperidine rings is 1. The van der Waals surface area contributed by atoms with Crippen LogP contribution in [0, 0.1) is 16.0 Å². The number of aromatic nitrogens is 1. The van der Waals surface area contributed by atoms with E-state index in [1.807, 2.05) is 0 Å². The highest BCUT2D eigenvalue weighted by molar-refractivity contribution is 7.18.